The summed E-state index contributed by atoms with van der Waals surface area (Å²) in [6, 6.07) is 17.8. The molecule has 1 saturated heterocycles. The first-order valence-corrected chi connectivity index (χ1v) is 12.6. The number of rotatable bonds is 5. The molecular weight excluding hydrogens is 488 g/mol. The van der Waals surface area contributed by atoms with Gasteiger partial charge in [-0.15, -0.1) is 0 Å². The normalized spacial score (nSPS) is 15.3. The fourth-order valence-electron chi connectivity index (χ4n) is 4.48. The summed E-state index contributed by atoms with van der Waals surface area (Å²) in [4.78, 5) is 30.4. The number of anilines is 2. The third-order valence-electron chi connectivity index (χ3n) is 6.67. The van der Waals surface area contributed by atoms with Crippen LogP contribution in [-0.4, -0.2) is 55.7 Å². The van der Waals surface area contributed by atoms with E-state index < -0.39 is 17.5 Å². The Hall–Kier alpha value is -3.94. The Morgan fingerprint density at radius 3 is 2.13 bits per heavy atom. The van der Waals surface area contributed by atoms with Crippen LogP contribution >= 0.6 is 0 Å². The highest BCUT2D eigenvalue weighted by atomic mass is 19.1. The van der Waals surface area contributed by atoms with Crippen LogP contribution < -0.4 is 9.80 Å². The van der Waals surface area contributed by atoms with E-state index in [1.54, 1.807) is 67.5 Å². The smallest absolute Gasteiger partial charge is 0.410 e. The van der Waals surface area contributed by atoms with Crippen LogP contribution in [-0.2, 0) is 4.74 Å². The number of amides is 2. The van der Waals surface area contributed by atoms with Gasteiger partial charge in [0.1, 0.15) is 17.2 Å². The fourth-order valence-corrected chi connectivity index (χ4v) is 4.48. The number of halogens is 2. The minimum Gasteiger partial charge on any atom is -0.444 e. The van der Waals surface area contributed by atoms with Crippen LogP contribution in [0.15, 0.2) is 66.7 Å². The highest BCUT2D eigenvalue weighted by molar-refractivity contribution is 6.06. The Kier molecular flexibility index (Phi) is 7.71. The van der Waals surface area contributed by atoms with Gasteiger partial charge in [-0.3, -0.25) is 4.79 Å². The molecule has 202 valence electrons. The number of hydrogen-bond donors (Lipinski definition) is 0. The van der Waals surface area contributed by atoms with Gasteiger partial charge in [-0.1, -0.05) is 24.3 Å². The minimum atomic E-state index is -0.584. The van der Waals surface area contributed by atoms with Crippen LogP contribution in [0.3, 0.4) is 0 Å². The second-order valence-electron chi connectivity index (χ2n) is 10.6. The zero-order valence-corrected chi connectivity index (χ0v) is 22.4. The van der Waals surface area contributed by atoms with Gasteiger partial charge in [0, 0.05) is 39.9 Å². The molecule has 0 aromatic heterocycles. The van der Waals surface area contributed by atoms with Crippen LogP contribution in [0, 0.1) is 11.6 Å². The lowest BCUT2D eigenvalue weighted by atomic mass is 10.0. The second kappa shape index (κ2) is 10.8. The van der Waals surface area contributed by atoms with Gasteiger partial charge in [0.25, 0.3) is 5.91 Å². The molecule has 0 spiro atoms. The first-order chi connectivity index (χ1) is 17.9. The van der Waals surface area contributed by atoms with E-state index in [4.69, 9.17) is 4.74 Å². The summed E-state index contributed by atoms with van der Waals surface area (Å²) in [6.45, 7) is 6.55. The van der Waals surface area contributed by atoms with Crippen molar-refractivity contribution in [2.75, 3.05) is 37.0 Å². The number of carbonyl (C=O) groups is 2. The van der Waals surface area contributed by atoms with E-state index in [-0.39, 0.29) is 19.2 Å². The molecule has 1 unspecified atom stereocenters. The van der Waals surface area contributed by atoms with Crippen molar-refractivity contribution in [3.63, 3.8) is 0 Å². The van der Waals surface area contributed by atoms with Crippen molar-refractivity contribution in [2.24, 2.45) is 0 Å². The van der Waals surface area contributed by atoms with E-state index in [1.165, 1.54) is 23.1 Å². The van der Waals surface area contributed by atoms with Gasteiger partial charge < -0.3 is 19.4 Å². The Labute approximate surface area is 223 Å². The molecule has 3 aromatic carbocycles. The molecule has 0 radical (unpaired) electrons. The highest BCUT2D eigenvalue weighted by Crippen LogP contribution is 2.30. The Morgan fingerprint density at radius 2 is 1.55 bits per heavy atom. The molecule has 8 heteroatoms. The lowest BCUT2D eigenvalue weighted by molar-refractivity contribution is 0.0237. The van der Waals surface area contributed by atoms with Gasteiger partial charge in [-0.25, -0.2) is 13.6 Å². The SMILES string of the molecule is CN(C(=O)c1ccc(-c2ccc(F)cc2)cc1)c1ccc(N2CCC(N(C)C(=O)OC(C)(C)C)C2)c(F)c1.[HH]. The van der Waals surface area contributed by atoms with Gasteiger partial charge >= 0.3 is 6.09 Å². The fraction of sp³-hybridized carbons (Fsp3) is 0.333. The maximum Gasteiger partial charge on any atom is 0.410 e. The molecule has 1 aliphatic heterocycles. The molecule has 1 heterocycles. The van der Waals surface area contributed by atoms with Gasteiger partial charge in [0.05, 0.1) is 11.7 Å². The summed E-state index contributed by atoms with van der Waals surface area (Å²) in [5.74, 6) is -1.02. The van der Waals surface area contributed by atoms with Crippen LogP contribution in [0.2, 0.25) is 0 Å². The molecule has 1 atom stereocenters. The summed E-state index contributed by atoms with van der Waals surface area (Å²) >= 11 is 0. The maximum absolute atomic E-state index is 15.2. The van der Waals surface area contributed by atoms with Crippen LogP contribution in [0.4, 0.5) is 25.0 Å². The molecule has 3 aromatic rings. The predicted octanol–water partition coefficient (Wildman–Crippen LogP) is 6.60. The van der Waals surface area contributed by atoms with Gasteiger partial charge in [-0.2, -0.15) is 0 Å². The number of ether oxygens (including phenoxy) is 1. The van der Waals surface area contributed by atoms with Crippen molar-refractivity contribution in [2.45, 2.75) is 38.8 Å². The summed E-state index contributed by atoms with van der Waals surface area (Å²) < 4.78 is 33.8. The third kappa shape index (κ3) is 6.13. The van der Waals surface area contributed by atoms with E-state index in [1.807, 2.05) is 25.7 Å². The molecule has 0 saturated carbocycles. The molecule has 0 N–H and O–H groups in total. The molecule has 0 bridgehead atoms. The summed E-state index contributed by atoms with van der Waals surface area (Å²) in [5.41, 5.74) is 2.44. The van der Waals surface area contributed by atoms with Gasteiger partial charge in [0.15, 0.2) is 0 Å². The number of hydrogen-bond acceptors (Lipinski definition) is 4. The van der Waals surface area contributed by atoms with Crippen molar-refractivity contribution in [3.8, 4) is 11.1 Å². The van der Waals surface area contributed by atoms with Crippen LogP contribution in [0.1, 0.15) is 39.0 Å². The van der Waals surface area contributed by atoms with Crippen molar-refractivity contribution < 1.29 is 24.5 Å². The predicted molar refractivity (Wildman–Crippen MR) is 148 cm³/mol. The Morgan fingerprint density at radius 1 is 0.947 bits per heavy atom. The number of carbonyl (C=O) groups excluding carboxylic acids is 2. The van der Waals surface area contributed by atoms with Crippen molar-refractivity contribution in [1.82, 2.24) is 4.90 Å². The lowest BCUT2D eigenvalue weighted by Crippen LogP contribution is -2.42. The molecule has 2 amide bonds. The Bertz CT molecular complexity index is 1310. The molecule has 4 rings (SSSR count). The second-order valence-corrected chi connectivity index (χ2v) is 10.6. The first kappa shape index (κ1) is 27.1. The first-order valence-electron chi connectivity index (χ1n) is 12.6. The summed E-state index contributed by atoms with van der Waals surface area (Å²) in [7, 11) is 3.31. The van der Waals surface area contributed by atoms with Crippen LogP contribution in [0.5, 0.6) is 0 Å². The molecule has 38 heavy (non-hydrogen) atoms. The number of likely N-dealkylation sites (N-methyl/N-ethyl adjacent to an activating group) is 1. The van der Waals surface area contributed by atoms with E-state index in [0.29, 0.717) is 36.4 Å². The van der Waals surface area contributed by atoms with Gasteiger partial charge in [0.2, 0.25) is 0 Å². The largest absolute Gasteiger partial charge is 0.444 e. The van der Waals surface area contributed by atoms with Crippen LogP contribution in [0.25, 0.3) is 11.1 Å². The summed E-state index contributed by atoms with van der Waals surface area (Å²) in [5, 5.41) is 0. The molecule has 1 fully saturated rings. The molecule has 0 aliphatic carbocycles. The standard InChI is InChI=1S/C30H33F2N3O3.H2/c1-30(2,3)38-29(37)34(5)25-16-17-35(19-25)27-15-14-24(18-26(27)32)33(4)28(36)22-8-6-20(7-9-22)21-10-12-23(31)13-11-21;/h6-15,18,25H,16-17,19H2,1-5H3;1H. The van der Waals surface area contributed by atoms with E-state index in [9.17, 15) is 14.0 Å². The maximum atomic E-state index is 15.2. The quantitative estimate of drug-likeness (QED) is 0.378. The monoisotopic (exact) mass is 523 g/mol. The summed E-state index contributed by atoms with van der Waals surface area (Å²) in [6.07, 6.45) is 0.300. The van der Waals surface area contributed by atoms with Crippen molar-refractivity contribution in [3.05, 3.63) is 83.9 Å². The number of nitrogens with zero attached hydrogens (tertiary/aromatic N) is 3. The van der Waals surface area contributed by atoms with E-state index in [2.05, 4.69) is 0 Å². The lowest BCUT2D eigenvalue weighted by Gasteiger charge is -2.29. The average Bonchev–Trinajstić information content (AvgIpc) is 3.37. The third-order valence-corrected chi connectivity index (χ3v) is 6.67. The minimum absolute atomic E-state index is 0. The van der Waals surface area contributed by atoms with E-state index in [0.717, 1.165) is 11.1 Å². The molecule has 6 nitrogen and oxygen atoms in total. The zero-order valence-electron chi connectivity index (χ0n) is 22.4. The van der Waals surface area contributed by atoms with Crippen molar-refractivity contribution in [1.29, 1.82) is 0 Å². The topological polar surface area (TPSA) is 53.1 Å². The van der Waals surface area contributed by atoms with Gasteiger partial charge in [-0.05, 0) is 80.8 Å². The number of benzene rings is 3. The van der Waals surface area contributed by atoms with E-state index >= 15 is 4.39 Å². The van der Waals surface area contributed by atoms with Crippen molar-refractivity contribution >= 4 is 23.4 Å². The zero-order chi connectivity index (χ0) is 27.6. The highest BCUT2D eigenvalue weighted by Gasteiger charge is 2.32. The Balaban J connectivity index is 0.00000420. The molecular formula is C30H35F2N3O3. The molecule has 1 aliphatic rings. The average molecular weight is 524 g/mol.